The summed E-state index contributed by atoms with van der Waals surface area (Å²) in [5.41, 5.74) is 0. The second kappa shape index (κ2) is 2.82. The molecule has 0 atom stereocenters. The summed E-state index contributed by atoms with van der Waals surface area (Å²) in [7, 11) is -2.57. The highest BCUT2D eigenvalue weighted by molar-refractivity contribution is 7.54. The normalized spacial score (nSPS) is 24.6. The molecule has 1 saturated heterocycles. The molecule has 1 aliphatic heterocycles. The van der Waals surface area contributed by atoms with Crippen LogP contribution in [-0.4, -0.2) is 19.4 Å². The molecule has 0 spiro atoms. The molecule has 0 aromatic rings. The van der Waals surface area contributed by atoms with E-state index in [0.717, 1.165) is 6.42 Å². The third-order valence-corrected chi connectivity index (χ3v) is 3.30. The van der Waals surface area contributed by atoms with Crippen molar-refractivity contribution >= 4 is 7.60 Å². The monoisotopic (exact) mass is 150 g/mol. The first kappa shape index (κ1) is 7.26. The van der Waals surface area contributed by atoms with E-state index in [1.165, 1.54) is 0 Å². The quantitative estimate of drug-likeness (QED) is 0.561. The Labute approximate surface area is 54.9 Å². The molecule has 1 aliphatic rings. The summed E-state index contributed by atoms with van der Waals surface area (Å²) in [6.45, 7) is 2.96. The second-order valence-electron chi connectivity index (χ2n) is 2.00. The van der Waals surface area contributed by atoms with Crippen LogP contribution < -0.4 is 0 Å². The molecule has 4 heteroatoms. The summed E-state index contributed by atoms with van der Waals surface area (Å²) in [6, 6.07) is 0. The van der Waals surface area contributed by atoms with Gasteiger partial charge in [-0.05, 0) is 6.42 Å². The molecular weight excluding hydrogens is 139 g/mol. The van der Waals surface area contributed by atoms with Gasteiger partial charge in [-0.25, -0.2) is 0 Å². The maximum absolute atomic E-state index is 11.2. The molecule has 54 valence electrons. The Hall–Kier alpha value is 0.150. The topological polar surface area (TPSA) is 35.5 Å². The van der Waals surface area contributed by atoms with Crippen LogP contribution in [0.15, 0.2) is 0 Å². The highest BCUT2D eigenvalue weighted by atomic mass is 31.2. The Bertz CT molecular complexity index is 124. The molecule has 1 rings (SSSR count). The Morgan fingerprint density at radius 2 is 2.00 bits per heavy atom. The number of rotatable bonds is 2. The molecule has 9 heavy (non-hydrogen) atoms. The fourth-order valence-corrected chi connectivity index (χ4v) is 2.38. The van der Waals surface area contributed by atoms with E-state index in [0.29, 0.717) is 19.4 Å². The Morgan fingerprint density at radius 3 is 2.44 bits per heavy atom. The highest BCUT2D eigenvalue weighted by Gasteiger charge is 2.27. The lowest BCUT2D eigenvalue weighted by atomic mass is 10.6. The van der Waals surface area contributed by atoms with Crippen LogP contribution in [0.4, 0.5) is 0 Å². The van der Waals surface area contributed by atoms with Crippen molar-refractivity contribution in [2.24, 2.45) is 0 Å². The molecule has 1 fully saturated rings. The number of hydrogen-bond acceptors (Lipinski definition) is 3. The predicted molar refractivity (Wildman–Crippen MR) is 34.7 cm³/mol. The van der Waals surface area contributed by atoms with Gasteiger partial charge in [0, 0.05) is 6.16 Å². The minimum absolute atomic E-state index is 0.497. The average molecular weight is 150 g/mol. The maximum atomic E-state index is 11.2. The minimum atomic E-state index is -2.57. The van der Waals surface area contributed by atoms with E-state index in [-0.39, 0.29) is 0 Å². The fourth-order valence-electron chi connectivity index (χ4n) is 0.793. The van der Waals surface area contributed by atoms with Crippen LogP contribution in [0.3, 0.4) is 0 Å². The Morgan fingerprint density at radius 1 is 1.44 bits per heavy atom. The molecule has 0 N–H and O–H groups in total. The van der Waals surface area contributed by atoms with Gasteiger partial charge in [0.25, 0.3) is 0 Å². The third kappa shape index (κ3) is 1.78. The Kier molecular flexibility index (Phi) is 2.28. The van der Waals surface area contributed by atoms with Crippen LogP contribution in [-0.2, 0) is 13.6 Å². The van der Waals surface area contributed by atoms with Gasteiger partial charge >= 0.3 is 7.60 Å². The molecule has 0 unspecified atom stereocenters. The van der Waals surface area contributed by atoms with Gasteiger partial charge in [0.2, 0.25) is 0 Å². The minimum Gasteiger partial charge on any atom is -0.306 e. The van der Waals surface area contributed by atoms with E-state index in [1.54, 1.807) is 0 Å². The van der Waals surface area contributed by atoms with Crippen LogP contribution in [0, 0.1) is 0 Å². The van der Waals surface area contributed by atoms with Crippen molar-refractivity contribution in [3.8, 4) is 0 Å². The SMILES string of the molecule is CCCP1(=O)OCCO1. The van der Waals surface area contributed by atoms with Crippen LogP contribution in [0.1, 0.15) is 13.3 Å². The lowest BCUT2D eigenvalue weighted by Gasteiger charge is -2.05. The van der Waals surface area contributed by atoms with E-state index >= 15 is 0 Å². The van der Waals surface area contributed by atoms with Crippen LogP contribution in [0.25, 0.3) is 0 Å². The molecule has 0 aromatic carbocycles. The van der Waals surface area contributed by atoms with E-state index in [1.807, 2.05) is 6.92 Å². The Balaban J connectivity index is 2.42. The van der Waals surface area contributed by atoms with E-state index in [4.69, 9.17) is 9.05 Å². The van der Waals surface area contributed by atoms with Crippen LogP contribution in [0.2, 0.25) is 0 Å². The standard InChI is InChI=1S/C5H11O3P/c1-2-5-9(6)7-3-4-8-9/h2-5H2,1H3. The van der Waals surface area contributed by atoms with E-state index in [2.05, 4.69) is 0 Å². The molecule has 0 bridgehead atoms. The van der Waals surface area contributed by atoms with Gasteiger partial charge in [0.15, 0.2) is 0 Å². The molecule has 0 aliphatic carbocycles. The van der Waals surface area contributed by atoms with Crippen molar-refractivity contribution in [2.45, 2.75) is 13.3 Å². The van der Waals surface area contributed by atoms with Gasteiger partial charge in [-0.15, -0.1) is 0 Å². The van der Waals surface area contributed by atoms with Gasteiger partial charge in [0.1, 0.15) is 0 Å². The van der Waals surface area contributed by atoms with Crippen molar-refractivity contribution in [1.29, 1.82) is 0 Å². The third-order valence-electron chi connectivity index (χ3n) is 1.16. The zero-order valence-electron chi connectivity index (χ0n) is 5.50. The van der Waals surface area contributed by atoms with Crippen molar-refractivity contribution < 1.29 is 13.6 Å². The summed E-state index contributed by atoms with van der Waals surface area (Å²) in [4.78, 5) is 0. The zero-order valence-corrected chi connectivity index (χ0v) is 6.39. The molecule has 0 radical (unpaired) electrons. The molecule has 0 aromatic heterocycles. The fraction of sp³-hybridized carbons (Fsp3) is 1.00. The summed E-state index contributed by atoms with van der Waals surface area (Å²) < 4.78 is 21.0. The van der Waals surface area contributed by atoms with Crippen LogP contribution in [0.5, 0.6) is 0 Å². The van der Waals surface area contributed by atoms with Crippen molar-refractivity contribution in [2.75, 3.05) is 19.4 Å². The van der Waals surface area contributed by atoms with Gasteiger partial charge < -0.3 is 9.05 Å². The highest BCUT2D eigenvalue weighted by Crippen LogP contribution is 2.51. The largest absolute Gasteiger partial charge is 0.330 e. The van der Waals surface area contributed by atoms with Crippen molar-refractivity contribution in [3.05, 3.63) is 0 Å². The lowest BCUT2D eigenvalue weighted by molar-refractivity contribution is 0.351. The molecule has 1 heterocycles. The smallest absolute Gasteiger partial charge is 0.306 e. The molecule has 0 saturated carbocycles. The van der Waals surface area contributed by atoms with Crippen molar-refractivity contribution in [1.82, 2.24) is 0 Å². The summed E-state index contributed by atoms with van der Waals surface area (Å²) in [5.74, 6) is 0. The predicted octanol–water partition coefficient (Wildman–Crippen LogP) is 1.64. The zero-order chi connectivity index (χ0) is 6.74. The second-order valence-corrected chi connectivity index (χ2v) is 4.19. The first-order valence-corrected chi connectivity index (χ1v) is 4.88. The molecule has 0 amide bonds. The van der Waals surface area contributed by atoms with Crippen LogP contribution >= 0.6 is 7.60 Å². The summed E-state index contributed by atoms with van der Waals surface area (Å²) >= 11 is 0. The summed E-state index contributed by atoms with van der Waals surface area (Å²) in [6.07, 6.45) is 1.42. The molecule has 3 nitrogen and oxygen atoms in total. The van der Waals surface area contributed by atoms with Crippen molar-refractivity contribution in [3.63, 3.8) is 0 Å². The summed E-state index contributed by atoms with van der Waals surface area (Å²) in [5, 5.41) is 0. The number of hydrogen-bond donors (Lipinski definition) is 0. The van der Waals surface area contributed by atoms with Gasteiger partial charge in [0.05, 0.1) is 13.2 Å². The van der Waals surface area contributed by atoms with Gasteiger partial charge in [-0.1, -0.05) is 6.92 Å². The average Bonchev–Trinajstić information content (AvgIpc) is 2.16. The van der Waals surface area contributed by atoms with E-state index < -0.39 is 7.60 Å². The first-order valence-electron chi connectivity index (χ1n) is 3.15. The maximum Gasteiger partial charge on any atom is 0.330 e. The first-order chi connectivity index (χ1) is 4.27. The van der Waals surface area contributed by atoms with Gasteiger partial charge in [-0.2, -0.15) is 0 Å². The molecular formula is C5H11O3P. The van der Waals surface area contributed by atoms with Gasteiger partial charge in [-0.3, -0.25) is 4.57 Å². The lowest BCUT2D eigenvalue weighted by Crippen LogP contribution is -1.86. The van der Waals surface area contributed by atoms with E-state index in [9.17, 15) is 4.57 Å².